The molecule has 0 aliphatic carbocycles. The highest BCUT2D eigenvalue weighted by Crippen LogP contribution is 2.29. The van der Waals surface area contributed by atoms with Gasteiger partial charge in [0.05, 0.1) is 11.4 Å². The number of rotatable bonds is 10. The van der Waals surface area contributed by atoms with E-state index in [4.69, 9.17) is 4.74 Å². The lowest BCUT2D eigenvalue weighted by Gasteiger charge is -2.06. The lowest BCUT2D eigenvalue weighted by molar-refractivity contribution is 0.146. The number of hydrogen-bond donors (Lipinski definition) is 1. The predicted octanol–water partition coefficient (Wildman–Crippen LogP) is 3.36. The number of sulfonamides is 1. The monoisotopic (exact) mass is 405 g/mol. The first-order chi connectivity index (χ1) is 13.1. The summed E-state index contributed by atoms with van der Waals surface area (Å²) in [7, 11) is -3.66. The minimum absolute atomic E-state index is 0.206. The molecule has 3 aromatic rings. The van der Waals surface area contributed by atoms with Crippen LogP contribution >= 0.6 is 11.3 Å². The number of nitrogens with one attached hydrogen (secondary N) is 1. The summed E-state index contributed by atoms with van der Waals surface area (Å²) in [6.45, 7) is 3.92. The third-order valence-electron chi connectivity index (χ3n) is 3.92. The van der Waals surface area contributed by atoms with Crippen LogP contribution in [-0.4, -0.2) is 38.0 Å². The van der Waals surface area contributed by atoms with Crippen LogP contribution in [0.5, 0.6) is 0 Å². The number of hydrogen-bond acceptors (Lipinski definition) is 5. The van der Waals surface area contributed by atoms with Gasteiger partial charge in [0.2, 0.25) is 10.0 Å². The van der Waals surface area contributed by atoms with Gasteiger partial charge in [-0.25, -0.2) is 13.1 Å². The van der Waals surface area contributed by atoms with Crippen molar-refractivity contribution in [3.8, 4) is 10.6 Å². The normalized spacial score (nSPS) is 11.7. The van der Waals surface area contributed by atoms with E-state index < -0.39 is 10.0 Å². The predicted molar refractivity (Wildman–Crippen MR) is 107 cm³/mol. The maximum Gasteiger partial charge on any atom is 0.244 e. The lowest BCUT2D eigenvalue weighted by atomic mass is 10.2. The van der Waals surface area contributed by atoms with Crippen LogP contribution < -0.4 is 4.72 Å². The zero-order valence-corrected chi connectivity index (χ0v) is 16.8. The fraction of sp³-hybridized carbons (Fsp3) is 0.316. The van der Waals surface area contributed by atoms with Gasteiger partial charge in [0, 0.05) is 26.0 Å². The van der Waals surface area contributed by atoms with E-state index in [1.54, 1.807) is 10.9 Å². The maximum absolute atomic E-state index is 12.8. The van der Waals surface area contributed by atoms with E-state index in [0.717, 1.165) is 10.4 Å². The molecule has 0 spiro atoms. The van der Waals surface area contributed by atoms with Crippen molar-refractivity contribution >= 4 is 21.4 Å². The summed E-state index contributed by atoms with van der Waals surface area (Å²) < 4.78 is 35.3. The molecular formula is C19H23N3O3S2. The van der Waals surface area contributed by atoms with Crippen molar-refractivity contribution in [2.24, 2.45) is 0 Å². The van der Waals surface area contributed by atoms with Crippen molar-refractivity contribution < 1.29 is 13.2 Å². The topological polar surface area (TPSA) is 73.2 Å². The van der Waals surface area contributed by atoms with Gasteiger partial charge in [-0.2, -0.15) is 5.10 Å². The van der Waals surface area contributed by atoms with E-state index in [-0.39, 0.29) is 4.90 Å². The standard InChI is InChI=1S/C19H23N3O3S2/c1-2-25-12-7-11-20-27(23,24)18-15-22(14-16-8-4-3-5-9-16)21-19(18)17-10-6-13-26-17/h3-6,8-10,13,15,20H,2,7,11-12,14H2,1H3. The number of ether oxygens (including phenoxy) is 1. The molecule has 0 amide bonds. The summed E-state index contributed by atoms with van der Waals surface area (Å²) in [6, 6.07) is 13.6. The lowest BCUT2D eigenvalue weighted by Crippen LogP contribution is -2.25. The second kappa shape index (κ2) is 9.27. The molecule has 1 N–H and O–H groups in total. The number of aromatic nitrogens is 2. The molecule has 0 aliphatic heterocycles. The van der Waals surface area contributed by atoms with Gasteiger partial charge >= 0.3 is 0 Å². The van der Waals surface area contributed by atoms with Crippen LogP contribution in [0.1, 0.15) is 18.9 Å². The first-order valence-corrected chi connectivity index (χ1v) is 11.2. The summed E-state index contributed by atoms with van der Waals surface area (Å²) in [5.74, 6) is 0. The average molecular weight is 406 g/mol. The molecule has 2 heterocycles. The second-order valence-corrected chi connectivity index (χ2v) is 8.63. The van der Waals surface area contributed by atoms with Crippen LogP contribution in [0.25, 0.3) is 10.6 Å². The summed E-state index contributed by atoms with van der Waals surface area (Å²) in [5, 5.41) is 6.47. The molecule has 0 saturated carbocycles. The summed E-state index contributed by atoms with van der Waals surface area (Å²) in [4.78, 5) is 1.04. The second-order valence-electron chi connectivity index (χ2n) is 5.95. The van der Waals surface area contributed by atoms with E-state index in [1.807, 2.05) is 54.8 Å². The highest BCUT2D eigenvalue weighted by molar-refractivity contribution is 7.89. The van der Waals surface area contributed by atoms with Crippen LogP contribution in [0.2, 0.25) is 0 Å². The van der Waals surface area contributed by atoms with Crippen LogP contribution in [0, 0.1) is 0 Å². The molecule has 3 rings (SSSR count). The molecule has 2 aromatic heterocycles. The van der Waals surface area contributed by atoms with Crippen LogP contribution in [-0.2, 0) is 21.3 Å². The fourth-order valence-corrected chi connectivity index (χ4v) is 4.66. The highest BCUT2D eigenvalue weighted by Gasteiger charge is 2.24. The van der Waals surface area contributed by atoms with Gasteiger partial charge in [0.15, 0.2) is 0 Å². The van der Waals surface area contributed by atoms with Crippen LogP contribution in [0.3, 0.4) is 0 Å². The average Bonchev–Trinajstić information content (AvgIpc) is 3.32. The molecule has 6 nitrogen and oxygen atoms in total. The van der Waals surface area contributed by atoms with Crippen LogP contribution in [0.15, 0.2) is 58.9 Å². The van der Waals surface area contributed by atoms with Gasteiger partial charge in [0.1, 0.15) is 10.6 Å². The molecule has 0 bridgehead atoms. The molecule has 0 aliphatic rings. The Labute approximate surface area is 163 Å². The molecule has 27 heavy (non-hydrogen) atoms. The van der Waals surface area contributed by atoms with E-state index >= 15 is 0 Å². The van der Waals surface area contributed by atoms with E-state index in [0.29, 0.717) is 38.4 Å². The van der Waals surface area contributed by atoms with Gasteiger partial charge in [-0.05, 0) is 30.4 Å². The number of benzene rings is 1. The molecule has 0 saturated heterocycles. The summed E-state index contributed by atoms with van der Waals surface area (Å²) in [5.41, 5.74) is 1.55. The quantitative estimate of drug-likeness (QED) is 0.525. The van der Waals surface area contributed by atoms with Crippen molar-refractivity contribution in [1.29, 1.82) is 0 Å². The molecule has 0 unspecified atom stereocenters. The molecule has 1 aromatic carbocycles. The Balaban J connectivity index is 1.84. The molecule has 0 fully saturated rings. The molecule has 144 valence electrons. The van der Waals surface area contributed by atoms with Crippen LogP contribution in [0.4, 0.5) is 0 Å². The SMILES string of the molecule is CCOCCCNS(=O)(=O)c1cn(Cc2ccccc2)nc1-c1cccs1. The molecular weight excluding hydrogens is 382 g/mol. The number of nitrogens with zero attached hydrogens (tertiary/aromatic N) is 2. The Morgan fingerprint density at radius 3 is 2.70 bits per heavy atom. The van der Waals surface area contributed by atoms with E-state index in [9.17, 15) is 8.42 Å². The summed E-state index contributed by atoms with van der Waals surface area (Å²) >= 11 is 1.47. The molecule has 0 atom stereocenters. The zero-order chi connectivity index (χ0) is 19.1. The largest absolute Gasteiger partial charge is 0.382 e. The van der Waals surface area contributed by atoms with Gasteiger partial charge < -0.3 is 4.74 Å². The van der Waals surface area contributed by atoms with Gasteiger partial charge in [0.25, 0.3) is 0 Å². The maximum atomic E-state index is 12.8. The molecule has 8 heteroatoms. The Hall–Kier alpha value is -2.00. The number of thiophene rings is 1. The van der Waals surface area contributed by atoms with Gasteiger partial charge in [-0.15, -0.1) is 11.3 Å². The Morgan fingerprint density at radius 1 is 1.19 bits per heavy atom. The molecule has 0 radical (unpaired) electrons. The van der Waals surface area contributed by atoms with Crippen molar-refractivity contribution in [1.82, 2.24) is 14.5 Å². The Bertz CT molecular complexity index is 936. The summed E-state index contributed by atoms with van der Waals surface area (Å²) in [6.07, 6.45) is 2.23. The Kier molecular flexibility index (Phi) is 6.78. The van der Waals surface area contributed by atoms with Gasteiger partial charge in [-0.1, -0.05) is 36.4 Å². The van der Waals surface area contributed by atoms with Crippen molar-refractivity contribution in [3.63, 3.8) is 0 Å². The zero-order valence-electron chi connectivity index (χ0n) is 15.2. The third-order valence-corrected chi connectivity index (χ3v) is 6.26. The fourth-order valence-electron chi connectivity index (χ4n) is 2.64. The minimum atomic E-state index is -3.66. The first-order valence-electron chi connectivity index (χ1n) is 8.83. The van der Waals surface area contributed by atoms with Crippen molar-refractivity contribution in [2.75, 3.05) is 19.8 Å². The third kappa shape index (κ3) is 5.26. The first kappa shape index (κ1) is 19.8. The van der Waals surface area contributed by atoms with Crippen molar-refractivity contribution in [3.05, 3.63) is 59.6 Å². The van der Waals surface area contributed by atoms with E-state index in [1.165, 1.54) is 11.3 Å². The smallest absolute Gasteiger partial charge is 0.244 e. The van der Waals surface area contributed by atoms with E-state index in [2.05, 4.69) is 9.82 Å². The minimum Gasteiger partial charge on any atom is -0.382 e. The Morgan fingerprint density at radius 2 is 2.00 bits per heavy atom. The van der Waals surface area contributed by atoms with Gasteiger partial charge in [-0.3, -0.25) is 4.68 Å². The highest BCUT2D eigenvalue weighted by atomic mass is 32.2. The van der Waals surface area contributed by atoms with Crippen molar-refractivity contribution in [2.45, 2.75) is 24.8 Å².